The number of benzene rings is 7. The van der Waals surface area contributed by atoms with Crippen LogP contribution in [-0.4, -0.2) is 0 Å². The highest BCUT2D eigenvalue weighted by atomic mass is 16.3. The first kappa shape index (κ1) is 24.2. The molecule has 0 aliphatic carbocycles. The van der Waals surface area contributed by atoms with Gasteiger partial charge in [-0.3, -0.25) is 0 Å². The minimum atomic E-state index is 0.866. The largest absolute Gasteiger partial charge is 0.456 e. The summed E-state index contributed by atoms with van der Waals surface area (Å²) < 4.78 is 6.20. The Balaban J connectivity index is 1.18. The SMILES string of the molecule is c1ccc(N(c2ccc(-c3ccc4c(ccc5ccccc54)c3)cc2)c2cccc(-c3cc4ccccc4o3)c2)cc1. The molecule has 0 aliphatic rings. The van der Waals surface area contributed by atoms with Gasteiger partial charge in [0.05, 0.1) is 0 Å². The van der Waals surface area contributed by atoms with Crippen LogP contribution in [0.5, 0.6) is 0 Å². The molecule has 42 heavy (non-hydrogen) atoms. The molecule has 0 fully saturated rings. The number of furan rings is 1. The van der Waals surface area contributed by atoms with Gasteiger partial charge in [0.15, 0.2) is 0 Å². The van der Waals surface area contributed by atoms with Gasteiger partial charge in [-0.25, -0.2) is 0 Å². The molecule has 0 spiro atoms. The van der Waals surface area contributed by atoms with E-state index in [0.29, 0.717) is 0 Å². The van der Waals surface area contributed by atoms with Gasteiger partial charge in [-0.05, 0) is 87.3 Å². The van der Waals surface area contributed by atoms with E-state index >= 15 is 0 Å². The summed E-state index contributed by atoms with van der Waals surface area (Å²) in [6.45, 7) is 0. The molecule has 2 nitrogen and oxygen atoms in total. The van der Waals surface area contributed by atoms with E-state index in [1.807, 2.05) is 18.2 Å². The quantitative estimate of drug-likeness (QED) is 0.203. The molecule has 8 rings (SSSR count). The van der Waals surface area contributed by atoms with Gasteiger partial charge in [-0.2, -0.15) is 0 Å². The van der Waals surface area contributed by atoms with Crippen LogP contribution in [0, 0.1) is 0 Å². The molecule has 0 N–H and O–H groups in total. The van der Waals surface area contributed by atoms with Crippen molar-refractivity contribution in [2.24, 2.45) is 0 Å². The summed E-state index contributed by atoms with van der Waals surface area (Å²) >= 11 is 0. The Morgan fingerprint density at radius 2 is 1.02 bits per heavy atom. The Hall–Kier alpha value is -5.60. The molecule has 198 valence electrons. The third-order valence-electron chi connectivity index (χ3n) is 8.03. The fourth-order valence-corrected chi connectivity index (χ4v) is 5.94. The summed E-state index contributed by atoms with van der Waals surface area (Å²) in [6, 6.07) is 58.0. The van der Waals surface area contributed by atoms with E-state index in [9.17, 15) is 0 Å². The molecule has 0 radical (unpaired) electrons. The first-order chi connectivity index (χ1) is 20.8. The molecule has 7 aromatic carbocycles. The fraction of sp³-hybridized carbons (Fsp3) is 0. The highest BCUT2D eigenvalue weighted by Gasteiger charge is 2.15. The first-order valence-electron chi connectivity index (χ1n) is 14.3. The molecule has 0 bridgehead atoms. The minimum Gasteiger partial charge on any atom is -0.456 e. The zero-order valence-electron chi connectivity index (χ0n) is 22.9. The highest BCUT2D eigenvalue weighted by Crippen LogP contribution is 2.38. The van der Waals surface area contributed by atoms with Gasteiger partial charge in [-0.1, -0.05) is 109 Å². The van der Waals surface area contributed by atoms with E-state index in [0.717, 1.165) is 39.4 Å². The van der Waals surface area contributed by atoms with E-state index in [1.54, 1.807) is 0 Å². The van der Waals surface area contributed by atoms with Crippen LogP contribution in [0.4, 0.5) is 17.1 Å². The number of para-hydroxylation sites is 2. The first-order valence-corrected chi connectivity index (χ1v) is 14.3. The van der Waals surface area contributed by atoms with Gasteiger partial charge in [0.25, 0.3) is 0 Å². The summed E-state index contributed by atoms with van der Waals surface area (Å²) in [7, 11) is 0. The van der Waals surface area contributed by atoms with Crippen molar-refractivity contribution in [1.82, 2.24) is 0 Å². The zero-order chi connectivity index (χ0) is 27.9. The van der Waals surface area contributed by atoms with Crippen LogP contribution < -0.4 is 4.90 Å². The molecule has 8 aromatic rings. The Morgan fingerprint density at radius 1 is 0.357 bits per heavy atom. The van der Waals surface area contributed by atoms with Crippen molar-refractivity contribution >= 4 is 49.6 Å². The van der Waals surface area contributed by atoms with Gasteiger partial charge in [0.2, 0.25) is 0 Å². The number of nitrogens with zero attached hydrogens (tertiary/aromatic N) is 1. The summed E-state index contributed by atoms with van der Waals surface area (Å²) in [5.74, 6) is 0.866. The zero-order valence-corrected chi connectivity index (χ0v) is 22.9. The van der Waals surface area contributed by atoms with Crippen LogP contribution in [0.15, 0.2) is 168 Å². The molecule has 1 aromatic heterocycles. The topological polar surface area (TPSA) is 16.4 Å². The number of hydrogen-bond donors (Lipinski definition) is 0. The van der Waals surface area contributed by atoms with Gasteiger partial charge >= 0.3 is 0 Å². The van der Waals surface area contributed by atoms with Crippen molar-refractivity contribution in [1.29, 1.82) is 0 Å². The lowest BCUT2D eigenvalue weighted by atomic mass is 9.97. The molecule has 2 heteroatoms. The second kappa shape index (κ2) is 10.1. The maximum atomic E-state index is 6.20. The molecular weight excluding hydrogens is 510 g/mol. The molecular formula is C40H27NO. The summed E-state index contributed by atoms with van der Waals surface area (Å²) in [4.78, 5) is 2.29. The molecule has 0 amide bonds. The van der Waals surface area contributed by atoms with Gasteiger partial charge in [0, 0.05) is 28.0 Å². The van der Waals surface area contributed by atoms with Crippen LogP contribution in [-0.2, 0) is 0 Å². The summed E-state index contributed by atoms with van der Waals surface area (Å²) in [6.07, 6.45) is 0. The van der Waals surface area contributed by atoms with Crippen LogP contribution in [0.25, 0.3) is 55.0 Å². The number of anilines is 3. The van der Waals surface area contributed by atoms with Crippen molar-refractivity contribution in [2.45, 2.75) is 0 Å². The predicted molar refractivity (Wildman–Crippen MR) is 177 cm³/mol. The average Bonchev–Trinajstić information content (AvgIpc) is 3.50. The molecule has 0 saturated carbocycles. The Labute approximate surface area is 244 Å². The predicted octanol–water partition coefficient (Wildman–Crippen LogP) is 11.5. The van der Waals surface area contributed by atoms with Crippen molar-refractivity contribution in [2.75, 3.05) is 4.90 Å². The lowest BCUT2D eigenvalue weighted by Gasteiger charge is -2.26. The second-order valence-electron chi connectivity index (χ2n) is 10.6. The van der Waals surface area contributed by atoms with Crippen molar-refractivity contribution < 1.29 is 4.42 Å². The maximum Gasteiger partial charge on any atom is 0.135 e. The smallest absolute Gasteiger partial charge is 0.135 e. The molecule has 0 aliphatic heterocycles. The van der Waals surface area contributed by atoms with Crippen LogP contribution in [0.1, 0.15) is 0 Å². The second-order valence-corrected chi connectivity index (χ2v) is 10.6. The Morgan fingerprint density at radius 3 is 1.88 bits per heavy atom. The van der Waals surface area contributed by atoms with Gasteiger partial charge < -0.3 is 9.32 Å². The third kappa shape index (κ3) is 4.31. The van der Waals surface area contributed by atoms with Gasteiger partial charge in [0.1, 0.15) is 11.3 Å². The Bertz CT molecular complexity index is 2160. The number of hydrogen-bond acceptors (Lipinski definition) is 2. The monoisotopic (exact) mass is 537 g/mol. The fourth-order valence-electron chi connectivity index (χ4n) is 5.94. The van der Waals surface area contributed by atoms with E-state index < -0.39 is 0 Å². The molecule has 0 unspecified atom stereocenters. The Kier molecular flexibility index (Phi) is 5.82. The lowest BCUT2D eigenvalue weighted by molar-refractivity contribution is 0.631. The summed E-state index contributed by atoms with van der Waals surface area (Å²) in [5.41, 5.74) is 7.62. The highest BCUT2D eigenvalue weighted by molar-refractivity contribution is 6.08. The molecule has 0 atom stereocenters. The van der Waals surface area contributed by atoms with Gasteiger partial charge in [-0.15, -0.1) is 0 Å². The van der Waals surface area contributed by atoms with Crippen LogP contribution in [0.2, 0.25) is 0 Å². The molecule has 0 saturated heterocycles. The standard InChI is InChI=1S/C40H27NO/c1-2-12-34(13-3-1)41(36-14-8-11-32(26-36)40-27-33-10-5-7-16-39(33)42-40)35-22-19-28(20-23-35)30-21-24-38-31(25-30)18-17-29-9-4-6-15-37(29)38/h1-27H. The van der Waals surface area contributed by atoms with Crippen LogP contribution >= 0.6 is 0 Å². The minimum absolute atomic E-state index is 0.866. The normalized spacial score (nSPS) is 11.3. The third-order valence-corrected chi connectivity index (χ3v) is 8.03. The lowest BCUT2D eigenvalue weighted by Crippen LogP contribution is -2.09. The van der Waals surface area contributed by atoms with E-state index in [4.69, 9.17) is 4.42 Å². The summed E-state index contributed by atoms with van der Waals surface area (Å²) in [5, 5.41) is 6.21. The number of rotatable bonds is 5. The van der Waals surface area contributed by atoms with E-state index in [1.165, 1.54) is 32.7 Å². The maximum absolute atomic E-state index is 6.20. The van der Waals surface area contributed by atoms with Crippen LogP contribution in [0.3, 0.4) is 0 Å². The van der Waals surface area contributed by atoms with E-state index in [-0.39, 0.29) is 0 Å². The number of fused-ring (bicyclic) bond motifs is 4. The molecule has 1 heterocycles. The van der Waals surface area contributed by atoms with Crippen molar-refractivity contribution in [3.8, 4) is 22.5 Å². The van der Waals surface area contributed by atoms with Crippen molar-refractivity contribution in [3.63, 3.8) is 0 Å². The average molecular weight is 538 g/mol. The van der Waals surface area contributed by atoms with Crippen molar-refractivity contribution in [3.05, 3.63) is 164 Å². The van der Waals surface area contributed by atoms with E-state index in [2.05, 4.69) is 150 Å².